The number of benzene rings is 1. The summed E-state index contributed by atoms with van der Waals surface area (Å²) >= 11 is 1.58. The van der Waals surface area contributed by atoms with Crippen molar-refractivity contribution in [3.8, 4) is 16.3 Å². The highest BCUT2D eigenvalue weighted by Gasteiger charge is 2.31. The maximum Gasteiger partial charge on any atom is 0.573 e. The number of thiazole rings is 1. The molecule has 0 spiro atoms. The first kappa shape index (κ1) is 25.2. The summed E-state index contributed by atoms with van der Waals surface area (Å²) in [4.78, 5) is 18.5. The zero-order valence-corrected chi connectivity index (χ0v) is 21.5. The third-order valence-corrected chi connectivity index (χ3v) is 7.69. The summed E-state index contributed by atoms with van der Waals surface area (Å²) in [6, 6.07) is 7.77. The SMILES string of the molecule is Cc1nc(NC(C)c2ccc(OC(F)(F)F)cc2)nc(NC2CCCC2C)c1-c1nc2cnccc2s1. The largest absolute Gasteiger partial charge is 0.573 e. The van der Waals surface area contributed by atoms with Crippen LogP contribution >= 0.6 is 11.3 Å². The number of anilines is 2. The Kier molecular flexibility index (Phi) is 6.89. The summed E-state index contributed by atoms with van der Waals surface area (Å²) < 4.78 is 42.5. The van der Waals surface area contributed by atoms with Crippen molar-refractivity contribution in [1.82, 2.24) is 19.9 Å². The minimum atomic E-state index is -4.72. The van der Waals surface area contributed by atoms with Gasteiger partial charge in [0.25, 0.3) is 0 Å². The first-order valence-corrected chi connectivity index (χ1v) is 13.0. The Bertz CT molecular complexity index is 1360. The number of fused-ring (bicyclic) bond motifs is 1. The van der Waals surface area contributed by atoms with Crippen LogP contribution in [0.3, 0.4) is 0 Å². The van der Waals surface area contributed by atoms with Crippen LogP contribution in [-0.4, -0.2) is 32.3 Å². The molecule has 5 rings (SSSR count). The highest BCUT2D eigenvalue weighted by Crippen LogP contribution is 2.38. The highest BCUT2D eigenvalue weighted by molar-refractivity contribution is 7.21. The standard InChI is InChI=1S/C26H27F3N6OS/c1-14-5-4-6-19(14)33-23-22(24-34-20-13-30-12-11-21(20)37-24)16(3)32-25(35-23)31-15(2)17-7-9-18(10-8-17)36-26(27,28)29/h7-15,19H,4-6H2,1-3H3,(H2,31,32,33,35). The molecular weight excluding hydrogens is 501 g/mol. The molecule has 0 radical (unpaired) electrons. The number of nitrogens with one attached hydrogen (secondary N) is 2. The van der Waals surface area contributed by atoms with E-state index in [1.165, 1.54) is 25.0 Å². The Morgan fingerprint density at radius 2 is 1.86 bits per heavy atom. The van der Waals surface area contributed by atoms with Crippen molar-refractivity contribution >= 4 is 33.3 Å². The number of nitrogens with zero attached hydrogens (tertiary/aromatic N) is 4. The minimum absolute atomic E-state index is 0.253. The van der Waals surface area contributed by atoms with Gasteiger partial charge >= 0.3 is 6.36 Å². The quantitative estimate of drug-likeness (QED) is 0.264. The third-order valence-electron chi connectivity index (χ3n) is 6.64. The molecule has 2 N–H and O–H groups in total. The van der Waals surface area contributed by atoms with E-state index in [1.807, 2.05) is 19.9 Å². The molecule has 0 amide bonds. The maximum atomic E-state index is 12.5. The van der Waals surface area contributed by atoms with E-state index in [4.69, 9.17) is 15.0 Å². The van der Waals surface area contributed by atoms with Crippen LogP contribution < -0.4 is 15.4 Å². The zero-order valence-electron chi connectivity index (χ0n) is 20.6. The number of halogens is 3. The Balaban J connectivity index is 1.45. The van der Waals surface area contributed by atoms with Gasteiger partial charge in [-0.15, -0.1) is 24.5 Å². The highest BCUT2D eigenvalue weighted by atomic mass is 32.1. The molecule has 1 saturated carbocycles. The average molecular weight is 529 g/mol. The van der Waals surface area contributed by atoms with E-state index in [9.17, 15) is 13.2 Å². The number of aryl methyl sites for hydroxylation is 1. The summed E-state index contributed by atoms with van der Waals surface area (Å²) in [6.07, 6.45) is 2.18. The monoisotopic (exact) mass is 528 g/mol. The van der Waals surface area contributed by atoms with Gasteiger partial charge in [0.15, 0.2) is 0 Å². The van der Waals surface area contributed by atoms with Crippen LogP contribution in [0.4, 0.5) is 24.9 Å². The van der Waals surface area contributed by atoms with E-state index in [0.29, 0.717) is 17.9 Å². The Hall–Kier alpha value is -3.47. The fourth-order valence-electron chi connectivity index (χ4n) is 4.66. The van der Waals surface area contributed by atoms with E-state index in [1.54, 1.807) is 35.9 Å². The molecule has 1 aliphatic rings. The molecule has 1 aliphatic carbocycles. The lowest BCUT2D eigenvalue weighted by Crippen LogP contribution is -2.24. The molecule has 0 bridgehead atoms. The number of rotatable bonds is 7. The van der Waals surface area contributed by atoms with Gasteiger partial charge in [0.2, 0.25) is 5.95 Å². The fraction of sp³-hybridized carbons (Fsp3) is 0.385. The molecule has 4 aromatic rings. The second-order valence-electron chi connectivity index (χ2n) is 9.36. The predicted octanol–water partition coefficient (Wildman–Crippen LogP) is 7.13. The summed E-state index contributed by atoms with van der Waals surface area (Å²) in [6.45, 7) is 6.08. The smallest absolute Gasteiger partial charge is 0.406 e. The molecule has 7 nitrogen and oxygen atoms in total. The maximum absolute atomic E-state index is 12.5. The lowest BCUT2D eigenvalue weighted by atomic mass is 10.1. The van der Waals surface area contributed by atoms with Crippen LogP contribution in [0.1, 0.15) is 50.4 Å². The van der Waals surface area contributed by atoms with Crippen molar-refractivity contribution in [2.24, 2.45) is 5.92 Å². The molecule has 37 heavy (non-hydrogen) atoms. The number of alkyl halides is 3. The zero-order chi connectivity index (χ0) is 26.2. The minimum Gasteiger partial charge on any atom is -0.406 e. The lowest BCUT2D eigenvalue weighted by Gasteiger charge is -2.22. The van der Waals surface area contributed by atoms with Gasteiger partial charge in [-0.3, -0.25) is 4.98 Å². The van der Waals surface area contributed by atoms with Gasteiger partial charge in [-0.05, 0) is 56.4 Å². The van der Waals surface area contributed by atoms with E-state index in [-0.39, 0.29) is 11.8 Å². The summed E-state index contributed by atoms with van der Waals surface area (Å²) in [5.74, 6) is 1.42. The number of ether oxygens (including phenoxy) is 1. The van der Waals surface area contributed by atoms with Crippen LogP contribution in [-0.2, 0) is 0 Å². The van der Waals surface area contributed by atoms with Crippen molar-refractivity contribution in [1.29, 1.82) is 0 Å². The fourth-order valence-corrected chi connectivity index (χ4v) is 5.69. The van der Waals surface area contributed by atoms with Crippen molar-refractivity contribution in [2.45, 2.75) is 58.5 Å². The van der Waals surface area contributed by atoms with Crippen molar-refractivity contribution in [3.63, 3.8) is 0 Å². The van der Waals surface area contributed by atoms with E-state index in [2.05, 4.69) is 27.3 Å². The number of aromatic nitrogens is 4. The first-order chi connectivity index (χ1) is 17.7. The van der Waals surface area contributed by atoms with Gasteiger partial charge < -0.3 is 15.4 Å². The molecule has 0 saturated heterocycles. The Labute approximate surface area is 216 Å². The summed E-state index contributed by atoms with van der Waals surface area (Å²) in [7, 11) is 0. The third kappa shape index (κ3) is 5.76. The Morgan fingerprint density at radius 3 is 2.54 bits per heavy atom. The van der Waals surface area contributed by atoms with Gasteiger partial charge in [-0.1, -0.05) is 25.5 Å². The number of hydrogen-bond acceptors (Lipinski definition) is 8. The van der Waals surface area contributed by atoms with Crippen LogP contribution in [0.15, 0.2) is 42.7 Å². The van der Waals surface area contributed by atoms with Crippen LogP contribution in [0, 0.1) is 12.8 Å². The molecule has 194 valence electrons. The second kappa shape index (κ2) is 10.1. The van der Waals surface area contributed by atoms with Gasteiger partial charge in [0.05, 0.1) is 28.2 Å². The summed E-state index contributed by atoms with van der Waals surface area (Å²) in [5, 5.41) is 7.79. The van der Waals surface area contributed by atoms with Crippen molar-refractivity contribution in [3.05, 3.63) is 54.0 Å². The molecule has 0 aliphatic heterocycles. The van der Waals surface area contributed by atoms with Gasteiger partial charge in [-0.25, -0.2) is 9.97 Å². The Morgan fingerprint density at radius 1 is 1.08 bits per heavy atom. The molecule has 11 heteroatoms. The van der Waals surface area contributed by atoms with E-state index >= 15 is 0 Å². The lowest BCUT2D eigenvalue weighted by molar-refractivity contribution is -0.274. The first-order valence-electron chi connectivity index (χ1n) is 12.1. The molecule has 1 fully saturated rings. The van der Waals surface area contributed by atoms with Crippen LogP contribution in [0.5, 0.6) is 5.75 Å². The van der Waals surface area contributed by atoms with Crippen molar-refractivity contribution in [2.75, 3.05) is 10.6 Å². The van der Waals surface area contributed by atoms with Crippen LogP contribution in [0.2, 0.25) is 0 Å². The normalized spacial score (nSPS) is 18.6. The van der Waals surface area contributed by atoms with Crippen LogP contribution in [0.25, 0.3) is 20.8 Å². The molecule has 1 aromatic carbocycles. The molecule has 3 atom stereocenters. The molecule has 3 unspecified atom stereocenters. The predicted molar refractivity (Wildman–Crippen MR) is 139 cm³/mol. The average Bonchev–Trinajstić information content (AvgIpc) is 3.44. The van der Waals surface area contributed by atoms with Gasteiger partial charge in [0, 0.05) is 12.2 Å². The topological polar surface area (TPSA) is 84.9 Å². The molecule has 3 aromatic heterocycles. The van der Waals surface area contributed by atoms with Gasteiger partial charge in [-0.2, -0.15) is 4.98 Å². The van der Waals surface area contributed by atoms with Gasteiger partial charge in [0.1, 0.15) is 22.1 Å². The molecule has 3 heterocycles. The molecular formula is C26H27F3N6OS. The summed E-state index contributed by atoms with van der Waals surface area (Å²) in [5.41, 5.74) is 3.25. The second-order valence-corrected chi connectivity index (χ2v) is 10.4. The van der Waals surface area contributed by atoms with E-state index < -0.39 is 6.36 Å². The number of pyridine rings is 1. The number of hydrogen-bond donors (Lipinski definition) is 2. The van der Waals surface area contributed by atoms with Crippen molar-refractivity contribution < 1.29 is 17.9 Å². The van der Waals surface area contributed by atoms with E-state index in [0.717, 1.165) is 44.3 Å².